The Morgan fingerprint density at radius 3 is 2.45 bits per heavy atom. The molecule has 0 spiro atoms. The maximum atomic E-state index is 12.0. The zero-order chi connectivity index (χ0) is 16.1. The number of ether oxygens (including phenoxy) is 1. The number of phenols is 1. The van der Waals surface area contributed by atoms with Crippen molar-refractivity contribution in [3.8, 4) is 11.5 Å². The molecule has 0 aromatic heterocycles. The van der Waals surface area contributed by atoms with Crippen LogP contribution in [-0.4, -0.2) is 32.8 Å². The van der Waals surface area contributed by atoms with Crippen molar-refractivity contribution in [3.63, 3.8) is 0 Å². The van der Waals surface area contributed by atoms with Gasteiger partial charge in [0, 0.05) is 16.0 Å². The molecule has 0 saturated heterocycles. The molecule has 0 saturated carbocycles. The summed E-state index contributed by atoms with van der Waals surface area (Å²) in [6.45, 7) is 0.168. The van der Waals surface area contributed by atoms with Gasteiger partial charge >= 0.3 is 5.97 Å². The number of carboxylic acids is 1. The van der Waals surface area contributed by atoms with E-state index in [-0.39, 0.29) is 23.7 Å². The van der Waals surface area contributed by atoms with Gasteiger partial charge in [-0.25, -0.2) is 4.79 Å². The molecular formula is C15H13ClO5S. The minimum absolute atomic E-state index is 0.168. The van der Waals surface area contributed by atoms with Crippen LogP contribution in [0.2, 0.25) is 5.02 Å². The van der Waals surface area contributed by atoms with Crippen molar-refractivity contribution in [3.05, 3.63) is 53.1 Å². The molecule has 7 heteroatoms. The molecule has 0 fully saturated rings. The van der Waals surface area contributed by atoms with E-state index in [9.17, 15) is 14.1 Å². The molecule has 0 bridgehead atoms. The lowest BCUT2D eigenvalue weighted by Crippen LogP contribution is -2.09. The van der Waals surface area contributed by atoms with Crippen LogP contribution in [-0.2, 0) is 10.8 Å². The molecule has 2 aromatic carbocycles. The van der Waals surface area contributed by atoms with E-state index in [0.717, 1.165) is 0 Å². The maximum absolute atomic E-state index is 12.0. The zero-order valence-corrected chi connectivity index (χ0v) is 12.9. The van der Waals surface area contributed by atoms with Crippen molar-refractivity contribution in [2.24, 2.45) is 0 Å². The summed E-state index contributed by atoms with van der Waals surface area (Å²) in [6, 6.07) is 10.6. The van der Waals surface area contributed by atoms with E-state index in [0.29, 0.717) is 15.7 Å². The second-order valence-electron chi connectivity index (χ2n) is 4.34. The van der Waals surface area contributed by atoms with Gasteiger partial charge in [0.25, 0.3) is 0 Å². The highest BCUT2D eigenvalue weighted by Gasteiger charge is 2.10. The number of carbonyl (C=O) groups is 1. The predicted molar refractivity (Wildman–Crippen MR) is 83.3 cm³/mol. The number of aromatic hydroxyl groups is 1. The van der Waals surface area contributed by atoms with Gasteiger partial charge in [0.05, 0.1) is 16.6 Å². The van der Waals surface area contributed by atoms with E-state index < -0.39 is 16.8 Å². The van der Waals surface area contributed by atoms with Crippen molar-refractivity contribution >= 4 is 28.4 Å². The van der Waals surface area contributed by atoms with E-state index >= 15 is 0 Å². The summed E-state index contributed by atoms with van der Waals surface area (Å²) in [7, 11) is -1.22. The standard InChI is InChI=1S/C15H13ClO5S/c16-10-1-4-12(5-2-10)22(20)8-7-21-11-3-6-13(15(18)19)14(17)9-11/h1-6,9,17H,7-8H2,(H,18,19). The number of rotatable bonds is 6. The fraction of sp³-hybridized carbons (Fsp3) is 0.133. The third-order valence-electron chi connectivity index (χ3n) is 2.81. The second kappa shape index (κ2) is 7.29. The van der Waals surface area contributed by atoms with E-state index in [2.05, 4.69) is 0 Å². The predicted octanol–water partition coefficient (Wildman–Crippen LogP) is 2.93. The summed E-state index contributed by atoms with van der Waals surface area (Å²) in [5.74, 6) is -1.00. The van der Waals surface area contributed by atoms with Gasteiger partial charge in [-0.05, 0) is 36.4 Å². The number of halogens is 1. The van der Waals surface area contributed by atoms with Crippen molar-refractivity contribution in [1.29, 1.82) is 0 Å². The van der Waals surface area contributed by atoms with Crippen molar-refractivity contribution < 1.29 is 24.0 Å². The van der Waals surface area contributed by atoms with Crippen LogP contribution in [0.15, 0.2) is 47.4 Å². The SMILES string of the molecule is O=C(O)c1ccc(OCCS(=O)c2ccc(Cl)cc2)cc1O. The van der Waals surface area contributed by atoms with Crippen LogP contribution >= 0.6 is 11.6 Å². The highest BCUT2D eigenvalue weighted by atomic mass is 35.5. The molecule has 2 rings (SSSR count). The Morgan fingerprint density at radius 2 is 1.86 bits per heavy atom. The summed E-state index contributed by atoms with van der Waals surface area (Å²) in [5, 5.41) is 18.9. The molecule has 2 N–H and O–H groups in total. The number of benzene rings is 2. The molecule has 0 aliphatic carbocycles. The molecule has 116 valence electrons. The summed E-state index contributed by atoms with van der Waals surface area (Å²) in [4.78, 5) is 11.4. The molecule has 1 atom stereocenters. The van der Waals surface area contributed by atoms with E-state index in [4.69, 9.17) is 21.4 Å². The lowest BCUT2D eigenvalue weighted by Gasteiger charge is -2.08. The summed E-state index contributed by atoms with van der Waals surface area (Å²) >= 11 is 5.76. The van der Waals surface area contributed by atoms with Gasteiger partial charge in [-0.3, -0.25) is 4.21 Å². The zero-order valence-electron chi connectivity index (χ0n) is 11.4. The first kappa shape index (κ1) is 16.3. The number of aromatic carboxylic acids is 1. The Kier molecular flexibility index (Phi) is 5.41. The molecule has 0 heterocycles. The first-order chi connectivity index (χ1) is 10.5. The number of hydrogen-bond donors (Lipinski definition) is 2. The molecule has 0 aliphatic heterocycles. The van der Waals surface area contributed by atoms with Gasteiger partial charge in [-0.15, -0.1) is 0 Å². The first-order valence-electron chi connectivity index (χ1n) is 6.30. The molecular weight excluding hydrogens is 328 g/mol. The van der Waals surface area contributed by atoms with Crippen LogP contribution in [0.4, 0.5) is 0 Å². The normalized spacial score (nSPS) is 11.9. The van der Waals surface area contributed by atoms with Crippen LogP contribution in [0.25, 0.3) is 0 Å². The molecule has 0 amide bonds. The Labute approximate surface area is 134 Å². The molecule has 1 unspecified atom stereocenters. The van der Waals surface area contributed by atoms with Crippen LogP contribution < -0.4 is 4.74 Å². The van der Waals surface area contributed by atoms with E-state index in [1.54, 1.807) is 24.3 Å². The maximum Gasteiger partial charge on any atom is 0.339 e. The summed E-state index contributed by atoms with van der Waals surface area (Å²) in [6.07, 6.45) is 0. The Hall–Kier alpha value is -2.05. The van der Waals surface area contributed by atoms with Crippen molar-refractivity contribution in [2.45, 2.75) is 4.90 Å². The van der Waals surface area contributed by atoms with E-state index in [1.807, 2.05) is 0 Å². The minimum Gasteiger partial charge on any atom is -0.507 e. The van der Waals surface area contributed by atoms with Gasteiger partial charge in [-0.1, -0.05) is 11.6 Å². The van der Waals surface area contributed by atoms with Crippen LogP contribution in [0, 0.1) is 0 Å². The number of carboxylic acid groups (broad SMARTS) is 1. The third-order valence-corrected chi connectivity index (χ3v) is 4.40. The highest BCUT2D eigenvalue weighted by molar-refractivity contribution is 7.85. The van der Waals surface area contributed by atoms with Gasteiger partial charge in [0.1, 0.15) is 23.7 Å². The van der Waals surface area contributed by atoms with Gasteiger partial charge in [0.2, 0.25) is 0 Å². The van der Waals surface area contributed by atoms with E-state index in [1.165, 1.54) is 18.2 Å². The van der Waals surface area contributed by atoms with Gasteiger partial charge in [0.15, 0.2) is 0 Å². The fourth-order valence-corrected chi connectivity index (χ4v) is 2.76. The van der Waals surface area contributed by atoms with Crippen LogP contribution in [0.1, 0.15) is 10.4 Å². The Bertz CT molecular complexity index is 700. The lowest BCUT2D eigenvalue weighted by molar-refractivity contribution is 0.0693. The first-order valence-corrected chi connectivity index (χ1v) is 8.00. The van der Waals surface area contributed by atoms with Crippen molar-refractivity contribution in [2.75, 3.05) is 12.4 Å². The molecule has 22 heavy (non-hydrogen) atoms. The van der Waals surface area contributed by atoms with Crippen molar-refractivity contribution in [1.82, 2.24) is 0 Å². The molecule has 0 aliphatic rings. The average molecular weight is 341 g/mol. The lowest BCUT2D eigenvalue weighted by atomic mass is 10.2. The van der Waals surface area contributed by atoms with Gasteiger partial charge in [-0.2, -0.15) is 0 Å². The summed E-state index contributed by atoms with van der Waals surface area (Å²) < 4.78 is 17.4. The fourth-order valence-electron chi connectivity index (χ4n) is 1.72. The Morgan fingerprint density at radius 1 is 1.18 bits per heavy atom. The minimum atomic E-state index is -1.22. The quantitative estimate of drug-likeness (QED) is 0.844. The smallest absolute Gasteiger partial charge is 0.339 e. The molecule has 5 nitrogen and oxygen atoms in total. The molecule has 0 radical (unpaired) electrons. The highest BCUT2D eigenvalue weighted by Crippen LogP contribution is 2.23. The Balaban J connectivity index is 1.91. The van der Waals surface area contributed by atoms with Gasteiger partial charge < -0.3 is 14.9 Å². The third kappa shape index (κ3) is 4.22. The average Bonchev–Trinajstić information content (AvgIpc) is 2.47. The second-order valence-corrected chi connectivity index (χ2v) is 6.34. The topological polar surface area (TPSA) is 83.8 Å². The van der Waals surface area contributed by atoms with Crippen LogP contribution in [0.5, 0.6) is 11.5 Å². The monoisotopic (exact) mass is 340 g/mol. The van der Waals surface area contributed by atoms with Crippen LogP contribution in [0.3, 0.4) is 0 Å². The number of hydrogen-bond acceptors (Lipinski definition) is 4. The largest absolute Gasteiger partial charge is 0.507 e. The summed E-state index contributed by atoms with van der Waals surface area (Å²) in [5.41, 5.74) is -0.197. The molecule has 2 aromatic rings.